The Morgan fingerprint density at radius 1 is 1.23 bits per heavy atom. The Morgan fingerprint density at radius 3 is 2.31 bits per heavy atom. The molecule has 0 spiro atoms. The van der Waals surface area contributed by atoms with Crippen LogP contribution in [0.1, 0.15) is 40.7 Å². The summed E-state index contributed by atoms with van der Waals surface area (Å²) in [6.07, 6.45) is 0.544. The summed E-state index contributed by atoms with van der Waals surface area (Å²) in [4.78, 5) is 33.7. The Balaban J connectivity index is 0.000000552. The van der Waals surface area contributed by atoms with Gasteiger partial charge in [0.05, 0.1) is 12.5 Å². The molecule has 1 aliphatic heterocycles. The lowest BCUT2D eigenvalue weighted by Gasteiger charge is -2.17. The minimum atomic E-state index is -1.50. The average Bonchev–Trinajstić information content (AvgIpc) is 2.93. The maximum absolute atomic E-state index is 12.4. The number of hydrogen-bond acceptors (Lipinski definition) is 4. The first kappa shape index (κ1) is 18.9. The van der Waals surface area contributed by atoms with Gasteiger partial charge in [-0.1, -0.05) is 37.3 Å². The molecule has 0 fully saturated rings. The van der Waals surface area contributed by atoms with E-state index in [2.05, 4.69) is 0 Å². The number of hydrogen-bond donors (Lipinski definition) is 2. The van der Waals surface area contributed by atoms with E-state index in [9.17, 15) is 14.7 Å². The fourth-order valence-electron chi connectivity index (χ4n) is 2.90. The smallest absolute Gasteiger partial charge is 0.310 e. The van der Waals surface area contributed by atoms with Gasteiger partial charge in [0.25, 0.3) is 11.0 Å². The van der Waals surface area contributed by atoms with Crippen molar-refractivity contribution in [1.29, 1.82) is 0 Å². The van der Waals surface area contributed by atoms with Crippen LogP contribution in [0.25, 0.3) is 0 Å². The minimum absolute atomic E-state index is 0.00590. The van der Waals surface area contributed by atoms with Crippen LogP contribution in [-0.2, 0) is 11.3 Å². The number of nitrogens with zero attached hydrogens (tertiary/aromatic N) is 2. The first-order chi connectivity index (χ1) is 12.3. The Labute approximate surface area is 149 Å². The lowest BCUT2D eigenvalue weighted by Crippen LogP contribution is -2.23. The third-order valence-corrected chi connectivity index (χ3v) is 4.13. The molecule has 1 heterocycles. The highest BCUT2D eigenvalue weighted by Gasteiger charge is 2.28. The molecule has 0 radical (unpaired) electrons. The monoisotopic (exact) mass is 358 g/mol. The molecule has 0 aromatic heterocycles. The van der Waals surface area contributed by atoms with E-state index in [1.165, 1.54) is 0 Å². The van der Waals surface area contributed by atoms with Crippen molar-refractivity contribution in [3.63, 3.8) is 0 Å². The van der Waals surface area contributed by atoms with Crippen molar-refractivity contribution in [1.82, 2.24) is 0 Å². The molecular formula is C18H18N2O6. The van der Waals surface area contributed by atoms with Crippen LogP contribution in [0.2, 0.25) is 0 Å². The summed E-state index contributed by atoms with van der Waals surface area (Å²) in [5.41, 5.74) is 3.32. The summed E-state index contributed by atoms with van der Waals surface area (Å²) in [5.74, 6) is -1.32. The highest BCUT2D eigenvalue weighted by molar-refractivity contribution is 6.09. The predicted octanol–water partition coefficient (Wildman–Crippen LogP) is 3.08. The van der Waals surface area contributed by atoms with Gasteiger partial charge in [-0.2, -0.15) is 0 Å². The average molecular weight is 358 g/mol. The number of fused-ring (bicyclic) bond motifs is 1. The van der Waals surface area contributed by atoms with Crippen LogP contribution in [0, 0.1) is 10.1 Å². The van der Waals surface area contributed by atoms with Gasteiger partial charge in [0.15, 0.2) is 0 Å². The molecule has 8 heteroatoms. The molecule has 2 aromatic rings. The molecule has 0 saturated heterocycles. The zero-order valence-electron chi connectivity index (χ0n) is 14.0. The van der Waals surface area contributed by atoms with Gasteiger partial charge in [0.2, 0.25) is 0 Å². The van der Waals surface area contributed by atoms with Crippen LogP contribution in [0.15, 0.2) is 48.5 Å². The van der Waals surface area contributed by atoms with Crippen molar-refractivity contribution in [3.8, 4) is 0 Å². The number of benzene rings is 2. The first-order valence-electron chi connectivity index (χ1n) is 7.91. The van der Waals surface area contributed by atoms with Gasteiger partial charge in [0, 0.05) is 11.3 Å². The Morgan fingerprint density at radius 2 is 1.81 bits per heavy atom. The number of carbonyl (C=O) groups is 2. The van der Waals surface area contributed by atoms with Crippen molar-refractivity contribution < 1.29 is 25.0 Å². The zero-order chi connectivity index (χ0) is 19.3. The van der Waals surface area contributed by atoms with Crippen LogP contribution < -0.4 is 4.90 Å². The van der Waals surface area contributed by atoms with Crippen molar-refractivity contribution in [2.45, 2.75) is 25.8 Å². The lowest BCUT2D eigenvalue weighted by atomic mass is 9.96. The maximum Gasteiger partial charge on any atom is 0.310 e. The summed E-state index contributed by atoms with van der Waals surface area (Å²) in [7, 11) is 0. The number of carboxylic acids is 1. The summed E-state index contributed by atoms with van der Waals surface area (Å²) in [6, 6.07) is 14.8. The van der Waals surface area contributed by atoms with E-state index >= 15 is 0 Å². The number of carbonyl (C=O) groups excluding carboxylic acids is 1. The molecule has 3 rings (SSSR count). The molecule has 2 aromatic carbocycles. The second-order valence-electron chi connectivity index (χ2n) is 5.68. The molecule has 136 valence electrons. The molecule has 2 N–H and O–H groups in total. The summed E-state index contributed by atoms with van der Waals surface area (Å²) in [6.45, 7) is 2.41. The number of rotatable bonds is 4. The fourth-order valence-corrected chi connectivity index (χ4v) is 2.90. The molecule has 1 amide bonds. The second kappa shape index (κ2) is 8.11. The van der Waals surface area contributed by atoms with Gasteiger partial charge in [-0.25, -0.2) is 0 Å². The van der Waals surface area contributed by atoms with E-state index in [-0.39, 0.29) is 5.91 Å². The molecule has 1 atom stereocenters. The van der Waals surface area contributed by atoms with E-state index < -0.39 is 17.0 Å². The van der Waals surface area contributed by atoms with E-state index in [0.29, 0.717) is 13.0 Å². The number of amides is 1. The van der Waals surface area contributed by atoms with Gasteiger partial charge in [0.1, 0.15) is 0 Å². The zero-order valence-corrected chi connectivity index (χ0v) is 14.0. The number of aliphatic carboxylic acids is 1. The molecule has 1 aliphatic rings. The Bertz CT molecular complexity index is 815. The first-order valence-corrected chi connectivity index (χ1v) is 7.91. The molecule has 0 unspecified atom stereocenters. The SMILES string of the molecule is CC[C@H](C(=O)O)c1ccc(N2Cc3ccccc3C2=O)cc1.O=[N+]([O-])O. The van der Waals surface area contributed by atoms with Crippen LogP contribution in [0.3, 0.4) is 0 Å². The van der Waals surface area contributed by atoms with E-state index in [1.54, 1.807) is 17.0 Å². The molecule has 0 bridgehead atoms. The standard InChI is InChI=1S/C18H17NO3.HNO3/c1-2-15(18(21)22)12-7-9-14(10-8-12)19-11-13-5-3-4-6-16(13)17(19)20;2-1(3)4/h3-10,15H,2,11H2,1H3,(H,21,22);(H,2,3,4)/t15-;/m0./s1. The second-order valence-corrected chi connectivity index (χ2v) is 5.68. The summed E-state index contributed by atoms with van der Waals surface area (Å²) < 4.78 is 0. The largest absolute Gasteiger partial charge is 0.481 e. The summed E-state index contributed by atoms with van der Waals surface area (Å²) in [5, 5.41) is 22.8. The normalized spacial score (nSPS) is 13.4. The summed E-state index contributed by atoms with van der Waals surface area (Å²) >= 11 is 0. The number of anilines is 1. The maximum atomic E-state index is 12.4. The van der Waals surface area contributed by atoms with Crippen molar-refractivity contribution >= 4 is 17.6 Å². The Kier molecular flexibility index (Phi) is 5.90. The van der Waals surface area contributed by atoms with Crippen molar-refractivity contribution in [2.24, 2.45) is 0 Å². The van der Waals surface area contributed by atoms with Gasteiger partial charge >= 0.3 is 5.97 Å². The van der Waals surface area contributed by atoms with Gasteiger partial charge in [-0.15, -0.1) is 10.1 Å². The molecule has 0 saturated carbocycles. The lowest BCUT2D eigenvalue weighted by molar-refractivity contribution is -0.742. The third-order valence-electron chi connectivity index (χ3n) is 4.13. The van der Waals surface area contributed by atoms with Crippen molar-refractivity contribution in [3.05, 3.63) is 75.3 Å². The predicted molar refractivity (Wildman–Crippen MR) is 92.8 cm³/mol. The molecule has 8 nitrogen and oxygen atoms in total. The third kappa shape index (κ3) is 4.15. The van der Waals surface area contributed by atoms with Crippen LogP contribution in [0.4, 0.5) is 5.69 Å². The van der Waals surface area contributed by atoms with Crippen molar-refractivity contribution in [2.75, 3.05) is 4.90 Å². The highest BCUT2D eigenvalue weighted by Crippen LogP contribution is 2.29. The van der Waals surface area contributed by atoms with Gasteiger partial charge < -0.3 is 15.2 Å². The molecular weight excluding hydrogens is 340 g/mol. The molecule has 26 heavy (non-hydrogen) atoms. The minimum Gasteiger partial charge on any atom is -0.481 e. The van der Waals surface area contributed by atoms with Crippen LogP contribution in [0.5, 0.6) is 0 Å². The van der Waals surface area contributed by atoms with E-state index in [0.717, 1.165) is 22.4 Å². The van der Waals surface area contributed by atoms with Gasteiger partial charge in [-0.05, 0) is 35.7 Å². The van der Waals surface area contributed by atoms with Crippen LogP contribution >= 0.6 is 0 Å². The quantitative estimate of drug-likeness (QED) is 0.640. The van der Waals surface area contributed by atoms with E-state index in [1.807, 2.05) is 43.3 Å². The fraction of sp³-hybridized carbons (Fsp3) is 0.222. The Hall–Kier alpha value is -3.42. The topological polar surface area (TPSA) is 121 Å². The van der Waals surface area contributed by atoms with Crippen LogP contribution in [-0.4, -0.2) is 27.3 Å². The van der Waals surface area contributed by atoms with E-state index in [4.69, 9.17) is 15.3 Å². The highest BCUT2D eigenvalue weighted by atomic mass is 16.9. The number of carboxylic acid groups (broad SMARTS) is 1. The molecule has 0 aliphatic carbocycles. The van der Waals surface area contributed by atoms with Gasteiger partial charge in [-0.3, -0.25) is 9.59 Å².